The predicted molar refractivity (Wildman–Crippen MR) is 41.8 cm³/mol. The third-order valence-electron chi connectivity index (χ3n) is 1.44. The van der Waals surface area contributed by atoms with Crippen LogP contribution in [0.15, 0.2) is 24.3 Å². The minimum atomic E-state index is -4.67. The van der Waals surface area contributed by atoms with Gasteiger partial charge in [0.25, 0.3) is 0 Å². The van der Waals surface area contributed by atoms with E-state index >= 15 is 0 Å². The molecule has 0 radical (unpaired) electrons. The lowest BCUT2D eigenvalue weighted by Crippen LogP contribution is -2.17. The maximum absolute atomic E-state index is 11.7. The first-order valence-electron chi connectivity index (χ1n) is 3.73. The van der Waals surface area contributed by atoms with Crippen molar-refractivity contribution in [2.75, 3.05) is 0 Å². The van der Waals surface area contributed by atoms with Crippen molar-refractivity contribution in [1.82, 2.24) is 5.48 Å². The lowest BCUT2D eigenvalue weighted by atomic mass is 10.2. The molecule has 14 heavy (non-hydrogen) atoms. The Hall–Kier alpha value is -1.27. The van der Waals surface area contributed by atoms with Crippen molar-refractivity contribution in [1.29, 1.82) is 0 Å². The summed E-state index contributed by atoms with van der Waals surface area (Å²) in [7, 11) is 0. The number of hydrogen-bond acceptors (Lipinski definition) is 3. The SMILES string of the molecule is ONCc1ccc(OC(F)(F)F)cc1. The van der Waals surface area contributed by atoms with Crippen molar-refractivity contribution < 1.29 is 23.1 Å². The van der Waals surface area contributed by atoms with Crippen LogP contribution < -0.4 is 10.2 Å². The van der Waals surface area contributed by atoms with Gasteiger partial charge < -0.3 is 9.94 Å². The summed E-state index contributed by atoms with van der Waals surface area (Å²) in [5.41, 5.74) is 2.54. The highest BCUT2D eigenvalue weighted by atomic mass is 19.4. The lowest BCUT2D eigenvalue weighted by Gasteiger charge is -2.08. The molecule has 3 nitrogen and oxygen atoms in total. The summed E-state index contributed by atoms with van der Waals surface area (Å²) >= 11 is 0. The van der Waals surface area contributed by atoms with E-state index in [9.17, 15) is 13.2 Å². The standard InChI is InChI=1S/C8H8F3NO2/c9-8(10,11)14-7-3-1-6(2-4-7)5-12-13/h1-4,12-13H,5H2. The van der Waals surface area contributed by atoms with E-state index in [2.05, 4.69) is 4.74 Å². The third kappa shape index (κ3) is 3.63. The zero-order valence-corrected chi connectivity index (χ0v) is 7.01. The summed E-state index contributed by atoms with van der Waals surface area (Å²) in [6, 6.07) is 5.20. The molecule has 1 aromatic carbocycles. The van der Waals surface area contributed by atoms with E-state index in [-0.39, 0.29) is 12.3 Å². The predicted octanol–water partition coefficient (Wildman–Crippen LogP) is 2.06. The molecule has 1 rings (SSSR count). The van der Waals surface area contributed by atoms with Gasteiger partial charge in [-0.1, -0.05) is 12.1 Å². The second-order valence-corrected chi connectivity index (χ2v) is 2.53. The molecule has 6 heteroatoms. The summed E-state index contributed by atoms with van der Waals surface area (Å²) in [5, 5.41) is 8.31. The molecule has 0 spiro atoms. The van der Waals surface area contributed by atoms with Gasteiger partial charge in [-0.25, -0.2) is 5.48 Å². The van der Waals surface area contributed by atoms with Crippen molar-refractivity contribution in [3.63, 3.8) is 0 Å². The maximum atomic E-state index is 11.7. The Balaban J connectivity index is 2.64. The fraction of sp³-hybridized carbons (Fsp3) is 0.250. The Kier molecular flexibility index (Phi) is 3.32. The van der Waals surface area contributed by atoms with Crippen molar-refractivity contribution in [3.8, 4) is 5.75 Å². The molecule has 0 aromatic heterocycles. The first-order chi connectivity index (χ1) is 6.51. The summed E-state index contributed by atoms with van der Waals surface area (Å²) in [4.78, 5) is 0. The zero-order chi connectivity index (χ0) is 10.6. The maximum Gasteiger partial charge on any atom is 0.573 e. The molecule has 0 amide bonds. The van der Waals surface area contributed by atoms with Crippen molar-refractivity contribution in [2.24, 2.45) is 0 Å². The molecule has 0 aliphatic carbocycles. The molecule has 0 saturated carbocycles. The molecule has 0 atom stereocenters. The van der Waals surface area contributed by atoms with Crippen LogP contribution in [0, 0.1) is 0 Å². The van der Waals surface area contributed by atoms with Gasteiger partial charge in [-0.05, 0) is 17.7 Å². The number of benzene rings is 1. The van der Waals surface area contributed by atoms with Crippen LogP contribution in [-0.2, 0) is 6.54 Å². The van der Waals surface area contributed by atoms with Crippen LogP contribution in [0.1, 0.15) is 5.56 Å². The monoisotopic (exact) mass is 207 g/mol. The highest BCUT2D eigenvalue weighted by Crippen LogP contribution is 2.22. The molecular formula is C8H8F3NO2. The summed E-state index contributed by atoms with van der Waals surface area (Å²) in [6.07, 6.45) is -4.67. The molecule has 2 N–H and O–H groups in total. The Labute approximate surface area is 78.1 Å². The molecule has 1 aromatic rings. The minimum Gasteiger partial charge on any atom is -0.406 e. The quantitative estimate of drug-likeness (QED) is 0.745. The fourth-order valence-electron chi connectivity index (χ4n) is 0.900. The van der Waals surface area contributed by atoms with Gasteiger partial charge in [0.2, 0.25) is 0 Å². The number of hydroxylamine groups is 1. The second kappa shape index (κ2) is 4.30. The molecule has 0 heterocycles. The highest BCUT2D eigenvalue weighted by molar-refractivity contribution is 5.27. The molecule has 0 saturated heterocycles. The van der Waals surface area contributed by atoms with Gasteiger partial charge in [0.05, 0.1) is 0 Å². The normalized spacial score (nSPS) is 11.4. The Morgan fingerprint density at radius 1 is 1.21 bits per heavy atom. The van der Waals surface area contributed by atoms with Gasteiger partial charge >= 0.3 is 6.36 Å². The van der Waals surface area contributed by atoms with Crippen LogP contribution in [-0.4, -0.2) is 11.6 Å². The van der Waals surface area contributed by atoms with Gasteiger partial charge in [-0.15, -0.1) is 13.2 Å². The molecule has 0 unspecified atom stereocenters. The average molecular weight is 207 g/mol. The number of alkyl halides is 3. The van der Waals surface area contributed by atoms with Crippen molar-refractivity contribution in [3.05, 3.63) is 29.8 Å². The van der Waals surface area contributed by atoms with E-state index < -0.39 is 6.36 Å². The molecule has 78 valence electrons. The fourth-order valence-corrected chi connectivity index (χ4v) is 0.900. The van der Waals surface area contributed by atoms with Crippen LogP contribution in [0.5, 0.6) is 5.75 Å². The molecule has 0 aliphatic heterocycles. The lowest BCUT2D eigenvalue weighted by molar-refractivity contribution is -0.274. The van der Waals surface area contributed by atoms with E-state index in [0.29, 0.717) is 5.56 Å². The van der Waals surface area contributed by atoms with Crippen LogP contribution in [0.25, 0.3) is 0 Å². The Bertz CT molecular complexity index is 284. The van der Waals surface area contributed by atoms with E-state index in [0.717, 1.165) is 0 Å². The van der Waals surface area contributed by atoms with E-state index in [4.69, 9.17) is 5.21 Å². The summed E-state index contributed by atoms with van der Waals surface area (Å²) < 4.78 is 38.8. The summed E-state index contributed by atoms with van der Waals surface area (Å²) in [5.74, 6) is -0.279. The van der Waals surface area contributed by atoms with Gasteiger partial charge in [0.1, 0.15) is 5.75 Å². The van der Waals surface area contributed by atoms with Crippen molar-refractivity contribution >= 4 is 0 Å². The Morgan fingerprint density at radius 3 is 2.21 bits per heavy atom. The van der Waals surface area contributed by atoms with Crippen LogP contribution in [0.4, 0.5) is 13.2 Å². The number of hydrogen-bond donors (Lipinski definition) is 2. The largest absolute Gasteiger partial charge is 0.573 e. The van der Waals surface area contributed by atoms with Gasteiger partial charge in [-0.3, -0.25) is 0 Å². The highest BCUT2D eigenvalue weighted by Gasteiger charge is 2.30. The molecular weight excluding hydrogens is 199 g/mol. The number of rotatable bonds is 3. The number of halogens is 3. The van der Waals surface area contributed by atoms with Crippen LogP contribution in [0.2, 0.25) is 0 Å². The van der Waals surface area contributed by atoms with Gasteiger partial charge in [0.15, 0.2) is 0 Å². The van der Waals surface area contributed by atoms with E-state index in [1.165, 1.54) is 24.3 Å². The zero-order valence-electron chi connectivity index (χ0n) is 7.01. The Morgan fingerprint density at radius 2 is 1.79 bits per heavy atom. The second-order valence-electron chi connectivity index (χ2n) is 2.53. The first-order valence-corrected chi connectivity index (χ1v) is 3.73. The van der Waals surface area contributed by atoms with E-state index in [1.54, 1.807) is 0 Å². The molecule has 0 fully saturated rings. The van der Waals surface area contributed by atoms with E-state index in [1.807, 2.05) is 5.48 Å². The number of nitrogens with one attached hydrogen (secondary N) is 1. The number of ether oxygens (including phenoxy) is 1. The van der Waals surface area contributed by atoms with Crippen LogP contribution >= 0.6 is 0 Å². The molecule has 0 aliphatic rings. The average Bonchev–Trinajstić information content (AvgIpc) is 2.06. The third-order valence-corrected chi connectivity index (χ3v) is 1.44. The van der Waals surface area contributed by atoms with Gasteiger partial charge in [-0.2, -0.15) is 0 Å². The molecule has 0 bridgehead atoms. The minimum absolute atomic E-state index is 0.173. The van der Waals surface area contributed by atoms with Gasteiger partial charge in [0, 0.05) is 6.54 Å². The first kappa shape index (κ1) is 10.8. The smallest absolute Gasteiger partial charge is 0.406 e. The summed E-state index contributed by atoms with van der Waals surface area (Å²) in [6.45, 7) is 0.173. The van der Waals surface area contributed by atoms with Crippen LogP contribution in [0.3, 0.4) is 0 Å². The van der Waals surface area contributed by atoms with Crippen molar-refractivity contribution in [2.45, 2.75) is 12.9 Å². The topological polar surface area (TPSA) is 41.5 Å².